The monoisotopic (exact) mass is 196 g/mol. The fourth-order valence-electron chi connectivity index (χ4n) is 1.10. The summed E-state index contributed by atoms with van der Waals surface area (Å²) in [7, 11) is 1.53. The second-order valence-electron chi connectivity index (χ2n) is 3.17. The third-order valence-electron chi connectivity index (χ3n) is 1.90. The quantitative estimate of drug-likeness (QED) is 0.369. The summed E-state index contributed by atoms with van der Waals surface area (Å²) in [4.78, 5) is 0. The maximum atomic E-state index is 9.23. The van der Waals surface area contributed by atoms with Crippen LogP contribution in [0.25, 0.3) is 0 Å². The van der Waals surface area contributed by atoms with Gasteiger partial charge in [0.15, 0.2) is 0 Å². The van der Waals surface area contributed by atoms with Gasteiger partial charge < -0.3 is 14.6 Å². The molecule has 0 aromatic heterocycles. The van der Waals surface area contributed by atoms with Crippen LogP contribution >= 0.6 is 0 Å². The van der Waals surface area contributed by atoms with Gasteiger partial charge in [-0.3, -0.25) is 0 Å². The molecule has 1 N–H and O–H groups in total. The standard InChI is InChI=1S/C11H16O3/c1-4-6-11(8-12,7-5-2)9-14-10-13-3/h1-2,12H,6-10H2,3H3. The van der Waals surface area contributed by atoms with E-state index in [0.717, 1.165) is 0 Å². The molecule has 0 heterocycles. The SMILES string of the molecule is C#CCC(CO)(CC#C)COCOC. The van der Waals surface area contributed by atoms with Gasteiger partial charge in [-0.15, -0.1) is 24.7 Å². The average Bonchev–Trinajstić information content (AvgIpc) is 2.19. The molecule has 0 aliphatic heterocycles. The van der Waals surface area contributed by atoms with Gasteiger partial charge in [0, 0.05) is 25.4 Å². The lowest BCUT2D eigenvalue weighted by Crippen LogP contribution is -2.31. The van der Waals surface area contributed by atoms with E-state index in [1.807, 2.05) is 0 Å². The van der Waals surface area contributed by atoms with Crippen molar-refractivity contribution in [3.05, 3.63) is 0 Å². The molecule has 0 spiro atoms. The molecule has 3 heteroatoms. The number of hydrogen-bond donors (Lipinski definition) is 1. The first-order valence-corrected chi connectivity index (χ1v) is 4.29. The number of rotatable bonds is 7. The first kappa shape index (κ1) is 13.0. The van der Waals surface area contributed by atoms with E-state index in [2.05, 4.69) is 11.8 Å². The smallest absolute Gasteiger partial charge is 0.146 e. The Labute approximate surface area is 85.4 Å². The van der Waals surface area contributed by atoms with Gasteiger partial charge >= 0.3 is 0 Å². The fourth-order valence-corrected chi connectivity index (χ4v) is 1.10. The van der Waals surface area contributed by atoms with Crippen LogP contribution in [0, 0.1) is 30.1 Å². The molecule has 0 radical (unpaired) electrons. The lowest BCUT2D eigenvalue weighted by Gasteiger charge is -2.27. The molecule has 0 saturated carbocycles. The van der Waals surface area contributed by atoms with Gasteiger partial charge in [-0.05, 0) is 0 Å². The first-order valence-electron chi connectivity index (χ1n) is 4.29. The van der Waals surface area contributed by atoms with Crippen LogP contribution in [0.2, 0.25) is 0 Å². The maximum absolute atomic E-state index is 9.23. The molecule has 0 amide bonds. The molecule has 14 heavy (non-hydrogen) atoms. The van der Waals surface area contributed by atoms with E-state index in [9.17, 15) is 5.11 Å². The molecular weight excluding hydrogens is 180 g/mol. The Morgan fingerprint density at radius 1 is 1.29 bits per heavy atom. The van der Waals surface area contributed by atoms with E-state index in [1.165, 1.54) is 7.11 Å². The Balaban J connectivity index is 4.21. The summed E-state index contributed by atoms with van der Waals surface area (Å²) < 4.78 is 9.90. The second kappa shape index (κ2) is 7.41. The van der Waals surface area contributed by atoms with E-state index >= 15 is 0 Å². The van der Waals surface area contributed by atoms with Crippen molar-refractivity contribution in [2.45, 2.75) is 12.8 Å². The highest BCUT2D eigenvalue weighted by atomic mass is 16.7. The number of methoxy groups -OCH3 is 1. The van der Waals surface area contributed by atoms with Crippen molar-refractivity contribution < 1.29 is 14.6 Å². The maximum Gasteiger partial charge on any atom is 0.146 e. The van der Waals surface area contributed by atoms with E-state index in [1.54, 1.807) is 0 Å². The molecule has 0 bridgehead atoms. The van der Waals surface area contributed by atoms with E-state index in [-0.39, 0.29) is 13.4 Å². The zero-order valence-corrected chi connectivity index (χ0v) is 8.45. The number of hydrogen-bond acceptors (Lipinski definition) is 3. The molecule has 0 aromatic carbocycles. The summed E-state index contributed by atoms with van der Waals surface area (Å²) in [5.74, 6) is 4.99. The average molecular weight is 196 g/mol. The number of aliphatic hydroxyl groups is 1. The first-order chi connectivity index (χ1) is 6.74. The third-order valence-corrected chi connectivity index (χ3v) is 1.90. The van der Waals surface area contributed by atoms with Gasteiger partial charge in [-0.1, -0.05) is 0 Å². The number of aliphatic hydroxyl groups excluding tert-OH is 1. The van der Waals surface area contributed by atoms with Crippen molar-refractivity contribution in [2.75, 3.05) is 27.1 Å². The minimum atomic E-state index is -0.526. The molecule has 3 nitrogen and oxygen atoms in total. The highest BCUT2D eigenvalue weighted by Crippen LogP contribution is 2.25. The van der Waals surface area contributed by atoms with Crippen molar-refractivity contribution in [3.63, 3.8) is 0 Å². The molecule has 0 atom stereocenters. The van der Waals surface area contributed by atoms with Crippen molar-refractivity contribution >= 4 is 0 Å². The summed E-state index contributed by atoms with van der Waals surface area (Å²) in [6, 6.07) is 0. The van der Waals surface area contributed by atoms with E-state index in [4.69, 9.17) is 22.3 Å². The van der Waals surface area contributed by atoms with Gasteiger partial charge in [0.25, 0.3) is 0 Å². The summed E-state index contributed by atoms with van der Waals surface area (Å²) in [6.07, 6.45) is 11.2. The van der Waals surface area contributed by atoms with Crippen LogP contribution in [0.5, 0.6) is 0 Å². The third kappa shape index (κ3) is 4.30. The molecule has 0 rings (SSSR count). The number of ether oxygens (including phenoxy) is 2. The Hall–Kier alpha value is -1.00. The topological polar surface area (TPSA) is 38.7 Å². The van der Waals surface area contributed by atoms with Gasteiger partial charge in [0.2, 0.25) is 0 Å². The Kier molecular flexibility index (Phi) is 6.88. The van der Waals surface area contributed by atoms with Crippen LogP contribution < -0.4 is 0 Å². The lowest BCUT2D eigenvalue weighted by molar-refractivity contribution is -0.0740. The molecular formula is C11H16O3. The molecule has 0 aliphatic rings. The predicted molar refractivity (Wildman–Crippen MR) is 54.2 cm³/mol. The zero-order chi connectivity index (χ0) is 10.9. The molecule has 0 aromatic rings. The lowest BCUT2D eigenvalue weighted by atomic mass is 9.83. The highest BCUT2D eigenvalue weighted by Gasteiger charge is 2.28. The highest BCUT2D eigenvalue weighted by molar-refractivity contribution is 5.01. The van der Waals surface area contributed by atoms with Crippen LogP contribution in [-0.2, 0) is 9.47 Å². The van der Waals surface area contributed by atoms with Gasteiger partial charge in [0.1, 0.15) is 6.79 Å². The Morgan fingerprint density at radius 2 is 1.86 bits per heavy atom. The molecule has 0 saturated heterocycles. The zero-order valence-electron chi connectivity index (χ0n) is 8.45. The van der Waals surface area contributed by atoms with Crippen LogP contribution in [0.1, 0.15) is 12.8 Å². The van der Waals surface area contributed by atoms with Crippen LogP contribution in [0.4, 0.5) is 0 Å². The Bertz CT molecular complexity index is 206. The molecule has 78 valence electrons. The molecule has 0 unspecified atom stereocenters. The molecule has 0 aliphatic carbocycles. The summed E-state index contributed by atoms with van der Waals surface area (Å²) in [5, 5.41) is 9.23. The summed E-state index contributed by atoms with van der Waals surface area (Å²) in [5.41, 5.74) is -0.526. The molecule has 0 fully saturated rings. The van der Waals surface area contributed by atoms with Gasteiger partial charge in [-0.2, -0.15) is 0 Å². The summed E-state index contributed by atoms with van der Waals surface area (Å²) >= 11 is 0. The Morgan fingerprint density at radius 3 is 2.21 bits per heavy atom. The van der Waals surface area contributed by atoms with Crippen molar-refractivity contribution in [1.29, 1.82) is 0 Å². The number of terminal acetylenes is 2. The fraction of sp³-hybridized carbons (Fsp3) is 0.636. The van der Waals surface area contributed by atoms with Crippen LogP contribution in [0.15, 0.2) is 0 Å². The van der Waals surface area contributed by atoms with Crippen molar-refractivity contribution in [2.24, 2.45) is 5.41 Å². The second-order valence-corrected chi connectivity index (χ2v) is 3.17. The summed E-state index contributed by atoms with van der Waals surface area (Å²) in [6.45, 7) is 0.410. The van der Waals surface area contributed by atoms with Gasteiger partial charge in [0.05, 0.1) is 13.2 Å². The normalized spacial score (nSPS) is 10.6. The predicted octanol–water partition coefficient (Wildman–Crippen LogP) is 0.632. The van der Waals surface area contributed by atoms with Crippen LogP contribution in [0.3, 0.4) is 0 Å². The van der Waals surface area contributed by atoms with Gasteiger partial charge in [-0.25, -0.2) is 0 Å². The van der Waals surface area contributed by atoms with Crippen LogP contribution in [-0.4, -0.2) is 32.2 Å². The minimum Gasteiger partial charge on any atom is -0.396 e. The largest absolute Gasteiger partial charge is 0.396 e. The minimum absolute atomic E-state index is 0.0783. The van der Waals surface area contributed by atoms with E-state index < -0.39 is 5.41 Å². The van der Waals surface area contributed by atoms with Crippen molar-refractivity contribution in [3.8, 4) is 24.7 Å². The van der Waals surface area contributed by atoms with E-state index in [0.29, 0.717) is 19.4 Å². The van der Waals surface area contributed by atoms with Crippen molar-refractivity contribution in [1.82, 2.24) is 0 Å².